The molecule has 0 N–H and O–H groups in total. The predicted molar refractivity (Wildman–Crippen MR) is 122 cm³/mol. The third-order valence-corrected chi connectivity index (χ3v) is 6.43. The normalized spacial score (nSPS) is 11.4. The maximum absolute atomic E-state index is 13.2. The van der Waals surface area contributed by atoms with E-state index >= 15 is 0 Å². The van der Waals surface area contributed by atoms with E-state index < -0.39 is 0 Å². The Morgan fingerprint density at radius 2 is 1.81 bits per heavy atom. The minimum Gasteiger partial charge on any atom is -0.497 e. The van der Waals surface area contributed by atoms with Crippen molar-refractivity contribution in [3.63, 3.8) is 0 Å². The van der Waals surface area contributed by atoms with Gasteiger partial charge in [-0.15, -0.1) is 16.4 Å². The molecule has 0 aliphatic rings. The van der Waals surface area contributed by atoms with Crippen LogP contribution in [0.1, 0.15) is 11.1 Å². The smallest absolute Gasteiger partial charge is 0.352 e. The van der Waals surface area contributed by atoms with Crippen LogP contribution in [0.2, 0.25) is 5.02 Å². The number of fused-ring (bicyclic) bond motifs is 3. The average molecular weight is 453 g/mol. The first-order chi connectivity index (χ1) is 15.1. The highest BCUT2D eigenvalue weighted by Crippen LogP contribution is 2.20. The number of ether oxygens (including phenoxy) is 1. The molecule has 0 fully saturated rings. The molecule has 0 aliphatic heterocycles. The Morgan fingerprint density at radius 1 is 1.03 bits per heavy atom. The molecule has 9 heteroatoms. The fourth-order valence-corrected chi connectivity index (χ4v) is 4.60. The molecule has 0 saturated heterocycles. The lowest BCUT2D eigenvalue weighted by molar-refractivity contribution is 0.414. The summed E-state index contributed by atoms with van der Waals surface area (Å²) in [5, 5.41) is 6.89. The van der Waals surface area contributed by atoms with Crippen molar-refractivity contribution < 1.29 is 4.74 Å². The van der Waals surface area contributed by atoms with Crippen LogP contribution >= 0.6 is 22.9 Å². The molecule has 7 nitrogen and oxygen atoms in total. The van der Waals surface area contributed by atoms with E-state index in [9.17, 15) is 9.59 Å². The molecule has 0 atom stereocenters. The summed E-state index contributed by atoms with van der Waals surface area (Å²) in [4.78, 5) is 26.5. The van der Waals surface area contributed by atoms with Crippen molar-refractivity contribution in [2.75, 3.05) is 7.11 Å². The standard InChI is InChI=1S/C22H17ClN4O3S/c1-30-16-8-6-14(7-9-16)12-25-20(28)19-18(10-11-31-19)27-21(25)24-26(22(27)29)13-15-4-2-3-5-17(15)23/h2-11H,12-13H2,1H3. The lowest BCUT2D eigenvalue weighted by Gasteiger charge is -2.08. The van der Waals surface area contributed by atoms with Crippen LogP contribution in [0.15, 0.2) is 69.6 Å². The van der Waals surface area contributed by atoms with E-state index in [1.165, 1.54) is 25.0 Å². The van der Waals surface area contributed by atoms with E-state index in [1.807, 2.05) is 42.5 Å². The number of aromatic nitrogens is 4. The second-order valence-electron chi connectivity index (χ2n) is 7.04. The van der Waals surface area contributed by atoms with Crippen LogP contribution in [0, 0.1) is 0 Å². The molecule has 0 radical (unpaired) electrons. The van der Waals surface area contributed by atoms with Gasteiger partial charge in [-0.25, -0.2) is 13.9 Å². The van der Waals surface area contributed by atoms with Gasteiger partial charge in [0.05, 0.1) is 25.7 Å². The molecule has 0 saturated carbocycles. The molecule has 31 heavy (non-hydrogen) atoms. The van der Waals surface area contributed by atoms with Gasteiger partial charge in [-0.1, -0.05) is 41.9 Å². The molecular weight excluding hydrogens is 436 g/mol. The van der Waals surface area contributed by atoms with E-state index in [-0.39, 0.29) is 24.3 Å². The molecule has 0 unspecified atom stereocenters. The average Bonchev–Trinajstić information content (AvgIpc) is 3.38. The summed E-state index contributed by atoms with van der Waals surface area (Å²) in [6.45, 7) is 0.491. The lowest BCUT2D eigenvalue weighted by atomic mass is 10.2. The largest absolute Gasteiger partial charge is 0.497 e. The van der Waals surface area contributed by atoms with Gasteiger partial charge >= 0.3 is 5.69 Å². The van der Waals surface area contributed by atoms with Crippen LogP contribution < -0.4 is 16.0 Å². The van der Waals surface area contributed by atoms with Crippen molar-refractivity contribution in [3.8, 4) is 5.75 Å². The zero-order chi connectivity index (χ0) is 21.5. The highest BCUT2D eigenvalue weighted by atomic mass is 35.5. The van der Waals surface area contributed by atoms with Crippen molar-refractivity contribution in [2.45, 2.75) is 13.1 Å². The van der Waals surface area contributed by atoms with E-state index in [2.05, 4.69) is 5.10 Å². The summed E-state index contributed by atoms with van der Waals surface area (Å²) >= 11 is 7.59. The lowest BCUT2D eigenvalue weighted by Crippen LogP contribution is -2.26. The molecular formula is C22H17ClN4O3S. The first-order valence-electron chi connectivity index (χ1n) is 9.52. The maximum Gasteiger partial charge on any atom is 0.352 e. The Balaban J connectivity index is 1.70. The molecule has 5 rings (SSSR count). The SMILES string of the molecule is COc1ccc(Cn2c(=O)c3sccc3n3c(=O)n(Cc4ccccc4Cl)nc23)cc1. The highest BCUT2D eigenvalue weighted by molar-refractivity contribution is 7.17. The van der Waals surface area contributed by atoms with Gasteiger partial charge in [0.2, 0.25) is 5.78 Å². The monoisotopic (exact) mass is 452 g/mol. The van der Waals surface area contributed by atoms with Crippen LogP contribution in [-0.2, 0) is 13.1 Å². The second kappa shape index (κ2) is 7.72. The van der Waals surface area contributed by atoms with Crippen LogP contribution in [0.25, 0.3) is 16.0 Å². The van der Waals surface area contributed by atoms with Gasteiger partial charge in [0.1, 0.15) is 10.4 Å². The molecule has 0 aliphatic carbocycles. The number of hydrogen-bond donors (Lipinski definition) is 0. The third-order valence-electron chi connectivity index (χ3n) is 5.17. The van der Waals surface area contributed by atoms with Gasteiger partial charge in [0.15, 0.2) is 0 Å². The van der Waals surface area contributed by atoms with E-state index in [0.29, 0.717) is 21.0 Å². The quantitative estimate of drug-likeness (QED) is 0.408. The summed E-state index contributed by atoms with van der Waals surface area (Å²) in [5.74, 6) is 1.03. The van der Waals surface area contributed by atoms with Gasteiger partial charge in [-0.2, -0.15) is 0 Å². The third kappa shape index (κ3) is 3.34. The number of nitrogens with zero attached hydrogens (tertiary/aromatic N) is 4. The molecule has 5 aromatic rings. The fraction of sp³-hybridized carbons (Fsp3) is 0.136. The number of rotatable bonds is 5. The van der Waals surface area contributed by atoms with Gasteiger partial charge < -0.3 is 4.74 Å². The molecule has 0 spiro atoms. The molecule has 3 heterocycles. The second-order valence-corrected chi connectivity index (χ2v) is 8.36. The summed E-state index contributed by atoms with van der Waals surface area (Å²) in [6.07, 6.45) is 0. The predicted octanol–water partition coefficient (Wildman–Crippen LogP) is 3.63. The number of benzene rings is 2. The number of halogens is 1. The minimum atomic E-state index is -0.318. The van der Waals surface area contributed by atoms with Crippen molar-refractivity contribution in [2.24, 2.45) is 0 Å². The van der Waals surface area contributed by atoms with Crippen LogP contribution in [0.4, 0.5) is 0 Å². The highest BCUT2D eigenvalue weighted by Gasteiger charge is 2.19. The minimum absolute atomic E-state index is 0.178. The molecule has 2 aromatic carbocycles. The summed E-state index contributed by atoms with van der Waals surface area (Å²) in [6, 6.07) is 16.5. The molecule has 156 valence electrons. The van der Waals surface area contributed by atoms with Crippen molar-refractivity contribution in [1.29, 1.82) is 0 Å². The summed E-state index contributed by atoms with van der Waals surface area (Å²) in [7, 11) is 1.60. The molecule has 0 amide bonds. The molecule has 3 aromatic heterocycles. The van der Waals surface area contributed by atoms with Crippen LogP contribution in [0.3, 0.4) is 0 Å². The van der Waals surface area contributed by atoms with Crippen molar-refractivity contribution in [1.82, 2.24) is 18.7 Å². The Labute approximate surface area is 185 Å². The zero-order valence-electron chi connectivity index (χ0n) is 16.5. The number of thiophene rings is 1. The van der Waals surface area contributed by atoms with Gasteiger partial charge in [0.25, 0.3) is 5.56 Å². The van der Waals surface area contributed by atoms with E-state index in [1.54, 1.807) is 24.6 Å². The van der Waals surface area contributed by atoms with Crippen molar-refractivity contribution >= 4 is 38.9 Å². The summed E-state index contributed by atoms with van der Waals surface area (Å²) in [5.41, 5.74) is 1.74. The van der Waals surface area contributed by atoms with E-state index in [4.69, 9.17) is 16.3 Å². The Hall–Kier alpha value is -3.36. The molecule has 0 bridgehead atoms. The summed E-state index contributed by atoms with van der Waals surface area (Å²) < 4.78 is 10.1. The fourth-order valence-electron chi connectivity index (χ4n) is 3.58. The Kier molecular flexibility index (Phi) is 4.88. The zero-order valence-corrected chi connectivity index (χ0v) is 18.1. The van der Waals surface area contributed by atoms with Crippen molar-refractivity contribution in [3.05, 3.63) is 97.0 Å². The number of methoxy groups -OCH3 is 1. The van der Waals surface area contributed by atoms with Gasteiger partial charge in [-0.05, 0) is 40.8 Å². The topological polar surface area (TPSA) is 70.5 Å². The van der Waals surface area contributed by atoms with Gasteiger partial charge in [-0.3, -0.25) is 9.36 Å². The Bertz CT molecular complexity index is 1530. The number of hydrogen-bond acceptors (Lipinski definition) is 5. The Morgan fingerprint density at radius 3 is 2.55 bits per heavy atom. The maximum atomic E-state index is 13.2. The first-order valence-corrected chi connectivity index (χ1v) is 10.8. The van der Waals surface area contributed by atoms with E-state index in [0.717, 1.165) is 16.9 Å². The first kappa shape index (κ1) is 19.6. The van der Waals surface area contributed by atoms with Gasteiger partial charge in [0, 0.05) is 5.02 Å². The van der Waals surface area contributed by atoms with Crippen LogP contribution in [0.5, 0.6) is 5.75 Å². The van der Waals surface area contributed by atoms with Crippen LogP contribution in [-0.4, -0.2) is 25.9 Å².